The van der Waals surface area contributed by atoms with Gasteiger partial charge in [0.25, 0.3) is 5.91 Å². The smallest absolute Gasteiger partial charge is 0.258 e. The molecule has 0 atom stereocenters. The van der Waals surface area contributed by atoms with E-state index in [1.54, 1.807) is 0 Å². The van der Waals surface area contributed by atoms with Crippen LogP contribution in [-0.4, -0.2) is 11.8 Å². The van der Waals surface area contributed by atoms with Gasteiger partial charge in [0.1, 0.15) is 0 Å². The lowest BCUT2D eigenvalue weighted by Gasteiger charge is -2.20. The van der Waals surface area contributed by atoms with Crippen LogP contribution in [0, 0.1) is 0 Å². The zero-order valence-corrected chi connectivity index (χ0v) is 8.83. The minimum absolute atomic E-state index is 0.214. The Kier molecular flexibility index (Phi) is 2.31. The Bertz CT molecular complexity index is 435. The van der Waals surface area contributed by atoms with Gasteiger partial charge in [-0.1, -0.05) is 32.0 Å². The molecule has 1 aliphatic heterocycles. The molecule has 1 heterocycles. The fraction of sp³-hybridized carbons (Fsp3) is 0.333. The number of hydrogen-bond acceptors (Lipinski definition) is 2. The maximum Gasteiger partial charge on any atom is 0.258 e. The molecule has 0 saturated heterocycles. The molecule has 2 rings (SSSR count). The molecule has 1 aromatic rings. The molecule has 15 heavy (non-hydrogen) atoms. The quantitative estimate of drug-likeness (QED) is 0.705. The molecule has 0 spiro atoms. The van der Waals surface area contributed by atoms with Crippen LogP contribution >= 0.6 is 0 Å². The van der Waals surface area contributed by atoms with E-state index in [1.165, 1.54) is 0 Å². The third kappa shape index (κ3) is 1.65. The van der Waals surface area contributed by atoms with E-state index in [2.05, 4.69) is 5.32 Å². The molecule has 3 heteroatoms. The summed E-state index contributed by atoms with van der Waals surface area (Å²) in [5.41, 5.74) is 2.54. The van der Waals surface area contributed by atoms with Crippen molar-refractivity contribution in [2.75, 3.05) is 0 Å². The molecule has 1 aliphatic rings. The molecular weight excluding hydrogens is 190 g/mol. The third-order valence-electron chi connectivity index (χ3n) is 2.64. The first-order chi connectivity index (χ1) is 7.09. The largest absolute Gasteiger partial charge is 0.292 e. The maximum atomic E-state index is 11.7. The Balaban J connectivity index is 2.59. The van der Waals surface area contributed by atoms with E-state index in [1.807, 2.05) is 32.0 Å². The summed E-state index contributed by atoms with van der Waals surface area (Å²) in [6, 6.07) is 5.69. The number of hydrogen-bond donors (Lipinski definition) is 1. The third-order valence-corrected chi connectivity index (χ3v) is 2.64. The first-order valence-corrected chi connectivity index (χ1v) is 5.05. The van der Waals surface area contributed by atoms with Crippen molar-refractivity contribution in [3.63, 3.8) is 0 Å². The van der Waals surface area contributed by atoms with Gasteiger partial charge in [-0.25, -0.2) is 0 Å². The first kappa shape index (κ1) is 9.90. The van der Waals surface area contributed by atoms with Crippen molar-refractivity contribution in [2.45, 2.75) is 26.2 Å². The van der Waals surface area contributed by atoms with Gasteiger partial charge in [-0.2, -0.15) is 0 Å². The number of benzene rings is 1. The number of carbonyl (C=O) groups excluding carboxylic acids is 2. The molecule has 1 aromatic carbocycles. The highest BCUT2D eigenvalue weighted by Gasteiger charge is 2.25. The number of nitrogens with one attached hydrogen (secondary N) is 1. The number of imide groups is 1. The second-order valence-electron chi connectivity index (χ2n) is 4.09. The van der Waals surface area contributed by atoms with Crippen LogP contribution in [0.5, 0.6) is 0 Å². The Hall–Kier alpha value is -1.64. The molecule has 0 unspecified atom stereocenters. The first-order valence-electron chi connectivity index (χ1n) is 5.05. The fourth-order valence-electron chi connectivity index (χ4n) is 1.93. The Morgan fingerprint density at radius 3 is 2.67 bits per heavy atom. The molecule has 0 aliphatic carbocycles. The van der Waals surface area contributed by atoms with E-state index in [4.69, 9.17) is 0 Å². The average Bonchev–Trinajstić information content (AvgIpc) is 2.16. The van der Waals surface area contributed by atoms with Crippen molar-refractivity contribution in [3.8, 4) is 0 Å². The molecule has 0 bridgehead atoms. The van der Waals surface area contributed by atoms with Gasteiger partial charge < -0.3 is 0 Å². The summed E-state index contributed by atoms with van der Waals surface area (Å²) in [7, 11) is 0. The normalized spacial score (nSPS) is 15.1. The van der Waals surface area contributed by atoms with Gasteiger partial charge in [-0.3, -0.25) is 14.9 Å². The fourth-order valence-corrected chi connectivity index (χ4v) is 1.93. The van der Waals surface area contributed by atoms with Gasteiger partial charge >= 0.3 is 0 Å². The van der Waals surface area contributed by atoms with Crippen molar-refractivity contribution < 1.29 is 9.59 Å². The average molecular weight is 203 g/mol. The Labute approximate surface area is 88.5 Å². The maximum absolute atomic E-state index is 11.7. The highest BCUT2D eigenvalue weighted by Crippen LogP contribution is 2.24. The van der Waals surface area contributed by atoms with Crippen LogP contribution in [0.25, 0.3) is 0 Å². The zero-order chi connectivity index (χ0) is 11.0. The van der Waals surface area contributed by atoms with E-state index >= 15 is 0 Å². The summed E-state index contributed by atoms with van der Waals surface area (Å²) < 4.78 is 0. The molecule has 0 fully saturated rings. The van der Waals surface area contributed by atoms with Crippen molar-refractivity contribution >= 4 is 11.8 Å². The highest BCUT2D eigenvalue weighted by molar-refractivity contribution is 6.10. The van der Waals surface area contributed by atoms with Crippen molar-refractivity contribution in [1.82, 2.24) is 5.32 Å². The Morgan fingerprint density at radius 1 is 1.27 bits per heavy atom. The lowest BCUT2D eigenvalue weighted by atomic mass is 9.89. The SMILES string of the molecule is CC(C)c1cccc2c1C(=O)NC(=O)C2. The Morgan fingerprint density at radius 2 is 2.00 bits per heavy atom. The molecule has 3 nitrogen and oxygen atoms in total. The highest BCUT2D eigenvalue weighted by atomic mass is 16.2. The number of carbonyl (C=O) groups is 2. The van der Waals surface area contributed by atoms with E-state index in [-0.39, 0.29) is 11.8 Å². The van der Waals surface area contributed by atoms with Gasteiger partial charge in [0.15, 0.2) is 0 Å². The summed E-state index contributed by atoms with van der Waals surface area (Å²) in [6.07, 6.45) is 0.307. The van der Waals surface area contributed by atoms with Gasteiger partial charge in [0.05, 0.1) is 6.42 Å². The second kappa shape index (κ2) is 3.50. The summed E-state index contributed by atoms with van der Waals surface area (Å²) in [4.78, 5) is 22.9. The zero-order valence-electron chi connectivity index (χ0n) is 8.83. The van der Waals surface area contributed by atoms with Gasteiger partial charge in [0, 0.05) is 5.56 Å². The van der Waals surface area contributed by atoms with Crippen molar-refractivity contribution in [2.24, 2.45) is 0 Å². The lowest BCUT2D eigenvalue weighted by Crippen LogP contribution is -2.38. The van der Waals surface area contributed by atoms with E-state index < -0.39 is 0 Å². The predicted octanol–water partition coefficient (Wildman–Crippen LogP) is 1.62. The summed E-state index contributed by atoms with van der Waals surface area (Å²) in [6.45, 7) is 4.08. The van der Waals surface area contributed by atoms with Crippen LogP contribution in [0.4, 0.5) is 0 Å². The van der Waals surface area contributed by atoms with E-state index in [9.17, 15) is 9.59 Å². The van der Waals surface area contributed by atoms with E-state index in [0.29, 0.717) is 17.9 Å². The molecule has 2 amide bonds. The summed E-state index contributed by atoms with van der Waals surface area (Å²) in [5.74, 6) is -0.183. The van der Waals surface area contributed by atoms with Crippen LogP contribution in [0.15, 0.2) is 18.2 Å². The van der Waals surface area contributed by atoms with Crippen molar-refractivity contribution in [1.29, 1.82) is 0 Å². The molecular formula is C12H13NO2. The van der Waals surface area contributed by atoms with Gasteiger partial charge in [-0.15, -0.1) is 0 Å². The summed E-state index contributed by atoms with van der Waals surface area (Å²) in [5, 5.41) is 2.35. The molecule has 0 saturated carbocycles. The number of amides is 2. The molecule has 0 aromatic heterocycles. The molecule has 1 N–H and O–H groups in total. The standard InChI is InChI=1S/C12H13NO2/c1-7(2)9-5-3-4-8-6-10(14)13-12(15)11(8)9/h3-5,7H,6H2,1-2H3,(H,13,14,15). The number of rotatable bonds is 1. The monoisotopic (exact) mass is 203 g/mol. The molecule has 0 radical (unpaired) electrons. The summed E-state index contributed by atoms with van der Waals surface area (Å²) >= 11 is 0. The van der Waals surface area contributed by atoms with Crippen LogP contribution in [-0.2, 0) is 11.2 Å². The lowest BCUT2D eigenvalue weighted by molar-refractivity contribution is -0.119. The van der Waals surface area contributed by atoms with Crippen LogP contribution in [0.3, 0.4) is 0 Å². The minimum Gasteiger partial charge on any atom is -0.292 e. The van der Waals surface area contributed by atoms with Gasteiger partial charge in [-0.05, 0) is 17.0 Å². The predicted molar refractivity (Wildman–Crippen MR) is 56.7 cm³/mol. The van der Waals surface area contributed by atoms with Crippen LogP contribution in [0.1, 0.15) is 41.3 Å². The topological polar surface area (TPSA) is 46.2 Å². The molecule has 78 valence electrons. The van der Waals surface area contributed by atoms with Crippen LogP contribution < -0.4 is 5.32 Å². The van der Waals surface area contributed by atoms with Crippen molar-refractivity contribution in [3.05, 3.63) is 34.9 Å². The minimum atomic E-state index is -0.259. The van der Waals surface area contributed by atoms with Crippen LogP contribution in [0.2, 0.25) is 0 Å². The van der Waals surface area contributed by atoms with Gasteiger partial charge in [0.2, 0.25) is 5.91 Å². The van der Waals surface area contributed by atoms with E-state index in [0.717, 1.165) is 11.1 Å². The second-order valence-corrected chi connectivity index (χ2v) is 4.09. The number of fused-ring (bicyclic) bond motifs is 1.